The van der Waals surface area contributed by atoms with Gasteiger partial charge in [0.1, 0.15) is 0 Å². The van der Waals surface area contributed by atoms with Crippen molar-refractivity contribution >= 4 is 5.71 Å². The van der Waals surface area contributed by atoms with Crippen molar-refractivity contribution < 1.29 is 0 Å². The summed E-state index contributed by atoms with van der Waals surface area (Å²) >= 11 is 0. The maximum absolute atomic E-state index is 7.30. The smallest absolute Gasteiger partial charge is 0.0362 e. The Kier molecular flexibility index (Phi) is 7.91. The first-order valence-corrected chi connectivity index (χ1v) is 3.80. The fourth-order valence-corrected chi connectivity index (χ4v) is 0.493. The quantitative estimate of drug-likeness (QED) is 0.571. The molecule has 0 unspecified atom stereocenters. The molecule has 0 radical (unpaired) electrons. The van der Waals surface area contributed by atoms with E-state index < -0.39 is 0 Å². The maximum atomic E-state index is 7.30. The van der Waals surface area contributed by atoms with Crippen molar-refractivity contribution in [2.24, 2.45) is 5.92 Å². The summed E-state index contributed by atoms with van der Waals surface area (Å²) in [7, 11) is 0. The molecule has 0 aromatic carbocycles. The Morgan fingerprint density at radius 3 is 1.60 bits per heavy atom. The lowest BCUT2D eigenvalue weighted by Gasteiger charge is -2.04. The number of hydrogen-bond acceptors (Lipinski definition) is 1. The van der Waals surface area contributed by atoms with Crippen LogP contribution in [0.15, 0.2) is 12.2 Å². The Labute approximate surface area is 64.7 Å². The molecule has 0 fully saturated rings. The van der Waals surface area contributed by atoms with Crippen LogP contribution in [0.2, 0.25) is 0 Å². The van der Waals surface area contributed by atoms with Crippen molar-refractivity contribution in [2.75, 3.05) is 0 Å². The van der Waals surface area contributed by atoms with Gasteiger partial charge in [-0.15, -0.1) is 0 Å². The molecule has 0 aliphatic rings. The molecule has 0 aliphatic carbocycles. The van der Waals surface area contributed by atoms with Gasteiger partial charge in [-0.05, 0) is 18.4 Å². The molecule has 0 aliphatic heterocycles. The first-order chi connectivity index (χ1) is 4.55. The van der Waals surface area contributed by atoms with Crippen LogP contribution in [0.4, 0.5) is 0 Å². The van der Waals surface area contributed by atoms with Crippen LogP contribution in [0.3, 0.4) is 0 Å². The first kappa shape index (κ1) is 12.1. The van der Waals surface area contributed by atoms with E-state index in [9.17, 15) is 0 Å². The molecule has 0 bridgehead atoms. The number of rotatable bonds is 2. The maximum Gasteiger partial charge on any atom is 0.0362 e. The summed E-state index contributed by atoms with van der Waals surface area (Å²) in [4.78, 5) is 0. The second-order valence-electron chi connectivity index (χ2n) is 2.35. The molecule has 0 aromatic heterocycles. The predicted octanol–water partition coefficient (Wildman–Crippen LogP) is 3.26. The molecule has 0 heterocycles. The molecule has 0 spiro atoms. The molecule has 0 aromatic rings. The van der Waals surface area contributed by atoms with E-state index in [2.05, 4.69) is 6.58 Å². The van der Waals surface area contributed by atoms with E-state index in [0.717, 1.165) is 5.57 Å². The zero-order chi connectivity index (χ0) is 8.73. The Bertz CT molecular complexity index is 112. The molecule has 0 amide bonds. The number of hydrogen-bond donors (Lipinski definition) is 1. The van der Waals surface area contributed by atoms with Gasteiger partial charge in [-0.2, -0.15) is 0 Å². The molecular formula is C9H19N. The molecule has 0 saturated carbocycles. The monoisotopic (exact) mass is 141 g/mol. The van der Waals surface area contributed by atoms with Crippen molar-refractivity contribution in [1.82, 2.24) is 0 Å². The fraction of sp³-hybridized carbons (Fsp3) is 0.667. The molecule has 0 rings (SSSR count). The van der Waals surface area contributed by atoms with Crippen LogP contribution in [0.25, 0.3) is 0 Å². The highest BCUT2D eigenvalue weighted by Crippen LogP contribution is 2.01. The van der Waals surface area contributed by atoms with Crippen molar-refractivity contribution in [1.29, 1.82) is 5.41 Å². The highest BCUT2D eigenvalue weighted by atomic mass is 14.4. The summed E-state index contributed by atoms with van der Waals surface area (Å²) in [5.41, 5.74) is 1.53. The summed E-state index contributed by atoms with van der Waals surface area (Å²) < 4.78 is 0. The molecule has 1 heteroatoms. The van der Waals surface area contributed by atoms with E-state index in [1.54, 1.807) is 0 Å². The summed E-state index contributed by atoms with van der Waals surface area (Å²) in [6.45, 7) is 13.5. The van der Waals surface area contributed by atoms with Crippen LogP contribution < -0.4 is 0 Å². The molecule has 1 N–H and O–H groups in total. The Hall–Kier alpha value is -0.590. The van der Waals surface area contributed by atoms with Crippen LogP contribution in [-0.2, 0) is 0 Å². The van der Waals surface area contributed by atoms with Gasteiger partial charge in [0.25, 0.3) is 0 Å². The second-order valence-corrected chi connectivity index (χ2v) is 2.35. The lowest BCUT2D eigenvalue weighted by molar-refractivity contribution is 0.875. The minimum absolute atomic E-state index is 0.326. The van der Waals surface area contributed by atoms with Crippen LogP contribution in [-0.4, -0.2) is 5.71 Å². The molecule has 60 valence electrons. The first-order valence-electron chi connectivity index (χ1n) is 3.80. The van der Waals surface area contributed by atoms with Gasteiger partial charge in [0, 0.05) is 5.71 Å². The van der Waals surface area contributed by atoms with E-state index in [4.69, 9.17) is 5.41 Å². The zero-order valence-corrected chi connectivity index (χ0v) is 7.78. The van der Waals surface area contributed by atoms with Gasteiger partial charge in [0.05, 0.1) is 0 Å². The van der Waals surface area contributed by atoms with E-state index >= 15 is 0 Å². The molecular weight excluding hydrogens is 122 g/mol. The van der Waals surface area contributed by atoms with Gasteiger partial charge in [0.2, 0.25) is 0 Å². The normalized spacial score (nSPS) is 8.20. The predicted molar refractivity (Wildman–Crippen MR) is 48.7 cm³/mol. The average molecular weight is 141 g/mol. The van der Waals surface area contributed by atoms with E-state index in [1.165, 1.54) is 0 Å². The topological polar surface area (TPSA) is 23.9 Å². The lowest BCUT2D eigenvalue weighted by Crippen LogP contribution is -2.05. The van der Waals surface area contributed by atoms with Gasteiger partial charge >= 0.3 is 0 Å². The lowest BCUT2D eigenvalue weighted by atomic mass is 10.0. The fourth-order valence-electron chi connectivity index (χ4n) is 0.493. The molecule has 0 saturated heterocycles. The number of nitrogens with one attached hydrogen (secondary N) is 1. The molecule has 10 heavy (non-hydrogen) atoms. The SMILES string of the molecule is C=C(C)C(=N)C(C)C.CC. The van der Waals surface area contributed by atoms with Crippen molar-refractivity contribution in [3.63, 3.8) is 0 Å². The second kappa shape index (κ2) is 6.53. The van der Waals surface area contributed by atoms with Gasteiger partial charge < -0.3 is 5.41 Å². The van der Waals surface area contributed by atoms with Crippen molar-refractivity contribution in [3.8, 4) is 0 Å². The summed E-state index contributed by atoms with van der Waals surface area (Å²) in [5.74, 6) is 0.326. The summed E-state index contributed by atoms with van der Waals surface area (Å²) in [6, 6.07) is 0. The molecule has 0 atom stereocenters. The third-order valence-corrected chi connectivity index (χ3v) is 1.04. The van der Waals surface area contributed by atoms with Gasteiger partial charge in [-0.1, -0.05) is 34.3 Å². The summed E-state index contributed by atoms with van der Waals surface area (Å²) in [6.07, 6.45) is 0. The zero-order valence-electron chi connectivity index (χ0n) is 7.78. The average Bonchev–Trinajstić information content (AvgIpc) is 1.90. The Balaban J connectivity index is 0. The minimum atomic E-state index is 0.326. The summed E-state index contributed by atoms with van der Waals surface area (Å²) in [5, 5.41) is 7.30. The van der Waals surface area contributed by atoms with Crippen LogP contribution in [0.5, 0.6) is 0 Å². The third kappa shape index (κ3) is 5.54. The standard InChI is InChI=1S/C7H13N.C2H6/c1-5(2)7(8)6(3)4;1-2/h6,8H,1H2,2-4H3;1-2H3. The van der Waals surface area contributed by atoms with Gasteiger partial charge in [0.15, 0.2) is 0 Å². The Morgan fingerprint density at radius 2 is 1.60 bits per heavy atom. The molecule has 1 nitrogen and oxygen atoms in total. The van der Waals surface area contributed by atoms with E-state index in [0.29, 0.717) is 11.6 Å². The van der Waals surface area contributed by atoms with Crippen molar-refractivity contribution in [3.05, 3.63) is 12.2 Å². The number of allylic oxidation sites excluding steroid dienone is 1. The Morgan fingerprint density at radius 1 is 1.30 bits per heavy atom. The van der Waals surface area contributed by atoms with Crippen LogP contribution in [0, 0.1) is 11.3 Å². The highest BCUT2D eigenvalue weighted by molar-refractivity contribution is 5.97. The van der Waals surface area contributed by atoms with E-state index in [-0.39, 0.29) is 0 Å². The third-order valence-electron chi connectivity index (χ3n) is 1.04. The van der Waals surface area contributed by atoms with Gasteiger partial charge in [-0.25, -0.2) is 0 Å². The van der Waals surface area contributed by atoms with Gasteiger partial charge in [-0.3, -0.25) is 0 Å². The minimum Gasteiger partial charge on any atom is -0.305 e. The van der Waals surface area contributed by atoms with E-state index in [1.807, 2.05) is 34.6 Å². The largest absolute Gasteiger partial charge is 0.305 e. The highest BCUT2D eigenvalue weighted by Gasteiger charge is 2.00. The van der Waals surface area contributed by atoms with Crippen LogP contribution >= 0.6 is 0 Å². The van der Waals surface area contributed by atoms with Crippen LogP contribution in [0.1, 0.15) is 34.6 Å². The van der Waals surface area contributed by atoms with Crippen molar-refractivity contribution in [2.45, 2.75) is 34.6 Å².